The van der Waals surface area contributed by atoms with E-state index in [9.17, 15) is 4.79 Å². The van der Waals surface area contributed by atoms with E-state index in [2.05, 4.69) is 42.7 Å². The number of anilines is 1. The van der Waals surface area contributed by atoms with E-state index in [-0.39, 0.29) is 5.91 Å². The van der Waals surface area contributed by atoms with Gasteiger partial charge in [-0.1, -0.05) is 17.7 Å². The van der Waals surface area contributed by atoms with Crippen LogP contribution in [0.5, 0.6) is 0 Å². The van der Waals surface area contributed by atoms with Gasteiger partial charge in [0.1, 0.15) is 5.01 Å². The Morgan fingerprint density at radius 3 is 2.52 bits per heavy atom. The van der Waals surface area contributed by atoms with Gasteiger partial charge in [0.2, 0.25) is 5.91 Å². The molecule has 2 aromatic carbocycles. The van der Waals surface area contributed by atoms with E-state index in [1.807, 2.05) is 24.3 Å². The lowest BCUT2D eigenvalue weighted by atomic mass is 10.0. The van der Waals surface area contributed by atoms with E-state index < -0.39 is 0 Å². The zero-order valence-corrected chi connectivity index (χ0v) is 14.2. The third-order valence-electron chi connectivity index (χ3n) is 3.63. The summed E-state index contributed by atoms with van der Waals surface area (Å²) in [5.41, 5.74) is 6.51. The fraction of sp³-hybridized carbons (Fsp3) is 0.158. The normalized spacial score (nSPS) is 10.6. The maximum atomic E-state index is 11.1. The average Bonchev–Trinajstić information content (AvgIpc) is 2.99. The molecule has 0 bridgehead atoms. The summed E-state index contributed by atoms with van der Waals surface area (Å²) in [6.45, 7) is 5.71. The number of amides is 1. The highest BCUT2D eigenvalue weighted by molar-refractivity contribution is 7.13. The van der Waals surface area contributed by atoms with E-state index in [1.54, 1.807) is 11.3 Å². The lowest BCUT2D eigenvalue weighted by molar-refractivity contribution is -0.114. The van der Waals surface area contributed by atoms with Crippen molar-refractivity contribution in [2.24, 2.45) is 0 Å². The van der Waals surface area contributed by atoms with Gasteiger partial charge in [0.05, 0.1) is 5.69 Å². The van der Waals surface area contributed by atoms with Gasteiger partial charge in [-0.3, -0.25) is 4.79 Å². The molecular formula is C19H18N2OS. The molecule has 0 aliphatic heterocycles. The van der Waals surface area contributed by atoms with Crippen LogP contribution in [0.1, 0.15) is 18.1 Å². The van der Waals surface area contributed by atoms with Crippen molar-refractivity contribution in [2.75, 3.05) is 5.32 Å². The van der Waals surface area contributed by atoms with Crippen molar-refractivity contribution in [3.63, 3.8) is 0 Å². The first-order valence-corrected chi connectivity index (χ1v) is 8.32. The lowest BCUT2D eigenvalue weighted by Gasteiger charge is -2.04. The quantitative estimate of drug-likeness (QED) is 0.733. The predicted molar refractivity (Wildman–Crippen MR) is 96.8 cm³/mol. The molecule has 0 saturated heterocycles. The fourth-order valence-electron chi connectivity index (χ4n) is 2.44. The van der Waals surface area contributed by atoms with Crippen molar-refractivity contribution in [3.8, 4) is 21.8 Å². The Morgan fingerprint density at radius 1 is 1.09 bits per heavy atom. The summed E-state index contributed by atoms with van der Waals surface area (Å²) >= 11 is 1.63. The minimum atomic E-state index is -0.0655. The Bertz CT molecular complexity index is 850. The molecule has 1 amide bonds. The Balaban J connectivity index is 1.89. The minimum absolute atomic E-state index is 0.0655. The summed E-state index contributed by atoms with van der Waals surface area (Å²) in [6.07, 6.45) is 0. The molecule has 0 spiro atoms. The van der Waals surface area contributed by atoms with Crippen molar-refractivity contribution in [2.45, 2.75) is 20.8 Å². The van der Waals surface area contributed by atoms with Crippen LogP contribution >= 0.6 is 11.3 Å². The number of benzene rings is 2. The molecule has 0 aliphatic rings. The minimum Gasteiger partial charge on any atom is -0.326 e. The number of carbonyl (C=O) groups excluding carboxylic acids is 1. The van der Waals surface area contributed by atoms with Crippen molar-refractivity contribution >= 4 is 22.9 Å². The van der Waals surface area contributed by atoms with Crippen molar-refractivity contribution < 1.29 is 4.79 Å². The van der Waals surface area contributed by atoms with Crippen LogP contribution in [-0.4, -0.2) is 10.9 Å². The largest absolute Gasteiger partial charge is 0.326 e. The number of nitrogens with one attached hydrogen (secondary N) is 1. The highest BCUT2D eigenvalue weighted by Crippen LogP contribution is 2.31. The zero-order valence-electron chi connectivity index (χ0n) is 13.4. The van der Waals surface area contributed by atoms with Crippen LogP contribution in [0.15, 0.2) is 47.8 Å². The molecule has 4 heteroatoms. The van der Waals surface area contributed by atoms with Crippen LogP contribution in [0.2, 0.25) is 0 Å². The van der Waals surface area contributed by atoms with Gasteiger partial charge in [-0.15, -0.1) is 11.3 Å². The van der Waals surface area contributed by atoms with Crippen LogP contribution < -0.4 is 5.32 Å². The molecule has 0 atom stereocenters. The maximum Gasteiger partial charge on any atom is 0.221 e. The molecule has 0 aliphatic carbocycles. The van der Waals surface area contributed by atoms with E-state index in [4.69, 9.17) is 4.98 Å². The van der Waals surface area contributed by atoms with Crippen molar-refractivity contribution in [1.82, 2.24) is 4.98 Å². The predicted octanol–water partition coefficient (Wildman–Crippen LogP) is 5.05. The number of carbonyl (C=O) groups is 1. The van der Waals surface area contributed by atoms with Crippen LogP contribution in [0.25, 0.3) is 21.8 Å². The Kier molecular flexibility index (Phi) is 4.26. The van der Waals surface area contributed by atoms with Gasteiger partial charge in [-0.25, -0.2) is 4.98 Å². The van der Waals surface area contributed by atoms with Gasteiger partial charge in [-0.2, -0.15) is 0 Å². The molecule has 0 fully saturated rings. The van der Waals surface area contributed by atoms with Gasteiger partial charge in [0, 0.05) is 29.1 Å². The van der Waals surface area contributed by atoms with Crippen molar-refractivity contribution in [1.29, 1.82) is 0 Å². The van der Waals surface area contributed by atoms with Crippen molar-refractivity contribution in [3.05, 3.63) is 59.0 Å². The fourth-order valence-corrected chi connectivity index (χ4v) is 3.27. The molecule has 23 heavy (non-hydrogen) atoms. The topological polar surface area (TPSA) is 42.0 Å². The third kappa shape index (κ3) is 3.48. The summed E-state index contributed by atoms with van der Waals surface area (Å²) in [7, 11) is 0. The summed E-state index contributed by atoms with van der Waals surface area (Å²) in [6, 6.07) is 14.2. The smallest absolute Gasteiger partial charge is 0.221 e. The molecule has 3 aromatic rings. The number of nitrogens with zero attached hydrogens (tertiary/aromatic N) is 1. The highest BCUT2D eigenvalue weighted by Gasteiger charge is 2.09. The Morgan fingerprint density at radius 2 is 1.83 bits per heavy atom. The summed E-state index contributed by atoms with van der Waals surface area (Å²) in [5, 5.41) is 5.85. The first-order valence-electron chi connectivity index (χ1n) is 7.44. The third-order valence-corrected chi connectivity index (χ3v) is 4.52. The monoisotopic (exact) mass is 322 g/mol. The van der Waals surface area contributed by atoms with E-state index >= 15 is 0 Å². The zero-order chi connectivity index (χ0) is 16.4. The summed E-state index contributed by atoms with van der Waals surface area (Å²) in [4.78, 5) is 15.8. The maximum absolute atomic E-state index is 11.1. The molecule has 1 aromatic heterocycles. The van der Waals surface area contributed by atoms with E-state index in [0.717, 1.165) is 22.0 Å². The second-order valence-corrected chi connectivity index (χ2v) is 6.47. The van der Waals surface area contributed by atoms with Crippen LogP contribution in [-0.2, 0) is 4.79 Å². The average molecular weight is 322 g/mol. The second-order valence-electron chi connectivity index (χ2n) is 5.61. The van der Waals surface area contributed by atoms with E-state index in [1.165, 1.54) is 23.6 Å². The van der Waals surface area contributed by atoms with Crippen LogP contribution in [0.3, 0.4) is 0 Å². The van der Waals surface area contributed by atoms with Crippen LogP contribution in [0, 0.1) is 13.8 Å². The molecular weight excluding hydrogens is 304 g/mol. The lowest BCUT2D eigenvalue weighted by Crippen LogP contribution is -2.05. The van der Waals surface area contributed by atoms with Gasteiger partial charge in [0.25, 0.3) is 0 Å². The molecule has 116 valence electrons. The Labute approximate surface area is 140 Å². The number of aryl methyl sites for hydroxylation is 2. The molecule has 1 heterocycles. The summed E-state index contributed by atoms with van der Waals surface area (Å²) in [5.74, 6) is -0.0655. The molecule has 3 rings (SSSR count). The number of thiazole rings is 1. The standard InChI is InChI=1S/C19H18N2OS/c1-12-4-5-13(2)17(10-12)18-11-23-19(21-18)15-6-8-16(9-7-15)20-14(3)22/h4-11H,1-3H3,(H,20,22). The second kappa shape index (κ2) is 6.34. The SMILES string of the molecule is CC(=O)Nc1ccc(-c2nc(-c3cc(C)ccc3C)cs2)cc1. The van der Waals surface area contributed by atoms with Gasteiger partial charge >= 0.3 is 0 Å². The van der Waals surface area contributed by atoms with E-state index in [0.29, 0.717) is 0 Å². The molecule has 0 unspecified atom stereocenters. The number of aromatic nitrogens is 1. The first kappa shape index (κ1) is 15.4. The molecule has 1 N–H and O–H groups in total. The van der Waals surface area contributed by atoms with Gasteiger partial charge in [-0.05, 0) is 49.7 Å². The molecule has 0 radical (unpaired) electrons. The number of hydrogen-bond donors (Lipinski definition) is 1. The highest BCUT2D eigenvalue weighted by atomic mass is 32.1. The van der Waals surface area contributed by atoms with Crippen LogP contribution in [0.4, 0.5) is 5.69 Å². The van der Waals surface area contributed by atoms with Gasteiger partial charge in [0.15, 0.2) is 0 Å². The number of rotatable bonds is 3. The molecule has 3 nitrogen and oxygen atoms in total. The number of hydrogen-bond acceptors (Lipinski definition) is 3. The van der Waals surface area contributed by atoms with Gasteiger partial charge < -0.3 is 5.32 Å². The molecule has 0 saturated carbocycles. The summed E-state index contributed by atoms with van der Waals surface area (Å²) < 4.78 is 0. The Hall–Kier alpha value is -2.46. The first-order chi connectivity index (χ1) is 11.0.